The van der Waals surface area contributed by atoms with Gasteiger partial charge in [-0.25, -0.2) is 0 Å². The summed E-state index contributed by atoms with van der Waals surface area (Å²) >= 11 is 2.10. The van der Waals surface area contributed by atoms with Crippen molar-refractivity contribution >= 4 is 11.8 Å². The van der Waals surface area contributed by atoms with Crippen molar-refractivity contribution in [2.24, 2.45) is 0 Å². The molecule has 0 aromatic heterocycles. The molecule has 2 saturated heterocycles. The number of rotatable bonds is 3. The lowest BCUT2D eigenvalue weighted by Crippen LogP contribution is -2.46. The molecule has 1 N–H and O–H groups in total. The van der Waals surface area contributed by atoms with E-state index in [1.54, 1.807) is 0 Å². The van der Waals surface area contributed by atoms with Gasteiger partial charge in [-0.2, -0.15) is 11.8 Å². The maximum Gasteiger partial charge on any atom is 0.0620 e. The summed E-state index contributed by atoms with van der Waals surface area (Å²) in [6, 6.07) is 1.26. The van der Waals surface area contributed by atoms with Gasteiger partial charge in [0.25, 0.3) is 0 Å². The lowest BCUT2D eigenvalue weighted by atomic mass is 10.1. The number of morpholine rings is 1. The summed E-state index contributed by atoms with van der Waals surface area (Å²) in [5, 5.41) is 3.55. The maximum atomic E-state index is 5.51. The third-order valence-electron chi connectivity index (χ3n) is 3.50. The van der Waals surface area contributed by atoms with Crippen molar-refractivity contribution in [2.75, 3.05) is 44.4 Å². The van der Waals surface area contributed by atoms with Crippen LogP contribution >= 0.6 is 11.8 Å². The molecular weight excluding hydrogens is 220 g/mol. The van der Waals surface area contributed by atoms with Gasteiger partial charge < -0.3 is 10.1 Å². The Kier molecular flexibility index (Phi) is 5.42. The smallest absolute Gasteiger partial charge is 0.0620 e. The van der Waals surface area contributed by atoms with Gasteiger partial charge in [0.15, 0.2) is 0 Å². The van der Waals surface area contributed by atoms with Gasteiger partial charge in [-0.05, 0) is 32.1 Å². The lowest BCUT2D eigenvalue weighted by molar-refractivity contribution is 0.0627. The molecule has 16 heavy (non-hydrogen) atoms. The molecule has 2 unspecified atom stereocenters. The first-order chi connectivity index (χ1) is 7.86. The lowest BCUT2D eigenvalue weighted by Gasteiger charge is -2.32. The van der Waals surface area contributed by atoms with E-state index in [0.29, 0.717) is 12.1 Å². The predicted molar refractivity (Wildman–Crippen MR) is 70.2 cm³/mol. The van der Waals surface area contributed by atoms with Crippen molar-refractivity contribution in [3.05, 3.63) is 0 Å². The fraction of sp³-hybridized carbons (Fsp3) is 1.00. The monoisotopic (exact) mass is 244 g/mol. The van der Waals surface area contributed by atoms with E-state index in [1.165, 1.54) is 37.4 Å². The van der Waals surface area contributed by atoms with Gasteiger partial charge in [-0.1, -0.05) is 0 Å². The van der Waals surface area contributed by atoms with E-state index in [-0.39, 0.29) is 0 Å². The Bertz CT molecular complexity index is 189. The van der Waals surface area contributed by atoms with E-state index in [2.05, 4.69) is 28.9 Å². The second-order valence-electron chi connectivity index (χ2n) is 4.81. The second kappa shape index (κ2) is 6.84. The Balaban J connectivity index is 1.74. The molecule has 0 amide bonds. The molecule has 2 aliphatic heterocycles. The second-order valence-corrected chi connectivity index (χ2v) is 6.04. The SMILES string of the molecule is CC(CC1COCCN1)N1CCCSCC1. The van der Waals surface area contributed by atoms with Crippen LogP contribution in [0.1, 0.15) is 19.8 Å². The molecule has 0 bridgehead atoms. The molecule has 2 fully saturated rings. The third-order valence-corrected chi connectivity index (χ3v) is 4.55. The van der Waals surface area contributed by atoms with Crippen molar-refractivity contribution in [1.82, 2.24) is 10.2 Å². The highest BCUT2D eigenvalue weighted by Gasteiger charge is 2.21. The van der Waals surface area contributed by atoms with Crippen LogP contribution in [0.5, 0.6) is 0 Å². The van der Waals surface area contributed by atoms with Gasteiger partial charge in [0.1, 0.15) is 0 Å². The number of hydrogen-bond donors (Lipinski definition) is 1. The minimum Gasteiger partial charge on any atom is -0.379 e. The molecule has 2 aliphatic rings. The zero-order chi connectivity index (χ0) is 11.2. The van der Waals surface area contributed by atoms with E-state index in [1.807, 2.05) is 0 Å². The highest BCUT2D eigenvalue weighted by Crippen LogP contribution is 2.15. The van der Waals surface area contributed by atoms with Gasteiger partial charge in [-0.3, -0.25) is 4.90 Å². The molecular formula is C12H24N2OS. The van der Waals surface area contributed by atoms with Crippen LogP contribution in [0.3, 0.4) is 0 Å². The number of ether oxygens (including phenoxy) is 1. The first kappa shape index (κ1) is 12.7. The van der Waals surface area contributed by atoms with Crippen LogP contribution < -0.4 is 5.32 Å². The van der Waals surface area contributed by atoms with Crippen molar-refractivity contribution in [1.29, 1.82) is 0 Å². The van der Waals surface area contributed by atoms with Gasteiger partial charge in [0.05, 0.1) is 13.2 Å². The predicted octanol–water partition coefficient (Wildman–Crippen LogP) is 1.19. The summed E-state index contributed by atoms with van der Waals surface area (Å²) in [5.41, 5.74) is 0. The Morgan fingerprint density at radius 2 is 2.38 bits per heavy atom. The number of hydrogen-bond acceptors (Lipinski definition) is 4. The Morgan fingerprint density at radius 3 is 3.19 bits per heavy atom. The minimum atomic E-state index is 0.569. The zero-order valence-electron chi connectivity index (χ0n) is 10.3. The topological polar surface area (TPSA) is 24.5 Å². The minimum absolute atomic E-state index is 0.569. The molecule has 0 aromatic carbocycles. The first-order valence-electron chi connectivity index (χ1n) is 6.49. The average Bonchev–Trinajstić information content (AvgIpc) is 2.59. The number of nitrogens with one attached hydrogen (secondary N) is 1. The van der Waals surface area contributed by atoms with Crippen molar-refractivity contribution < 1.29 is 4.74 Å². The van der Waals surface area contributed by atoms with Gasteiger partial charge in [0, 0.05) is 30.9 Å². The maximum absolute atomic E-state index is 5.51. The molecule has 0 saturated carbocycles. The van der Waals surface area contributed by atoms with E-state index in [0.717, 1.165) is 19.8 Å². The summed E-state index contributed by atoms with van der Waals surface area (Å²) in [6.07, 6.45) is 2.58. The largest absolute Gasteiger partial charge is 0.379 e. The summed E-state index contributed by atoms with van der Waals surface area (Å²) in [7, 11) is 0. The van der Waals surface area contributed by atoms with Crippen molar-refractivity contribution in [3.8, 4) is 0 Å². The quantitative estimate of drug-likeness (QED) is 0.806. The molecule has 0 aromatic rings. The van der Waals surface area contributed by atoms with E-state index in [4.69, 9.17) is 4.74 Å². The summed E-state index contributed by atoms with van der Waals surface area (Å²) in [5.74, 6) is 2.65. The highest BCUT2D eigenvalue weighted by molar-refractivity contribution is 7.99. The molecule has 94 valence electrons. The highest BCUT2D eigenvalue weighted by atomic mass is 32.2. The summed E-state index contributed by atoms with van der Waals surface area (Å²) in [6.45, 7) is 7.71. The van der Waals surface area contributed by atoms with Crippen LogP contribution in [-0.2, 0) is 4.74 Å². The van der Waals surface area contributed by atoms with Gasteiger partial charge >= 0.3 is 0 Å². The molecule has 0 radical (unpaired) electrons. The van der Waals surface area contributed by atoms with E-state index >= 15 is 0 Å². The standard InChI is InChI=1S/C12H24N2OS/c1-11(9-12-10-15-6-3-13-12)14-4-2-7-16-8-5-14/h11-13H,2-10H2,1H3. The molecule has 0 aliphatic carbocycles. The Hall–Kier alpha value is 0.230. The number of thioether (sulfide) groups is 1. The molecule has 0 spiro atoms. The van der Waals surface area contributed by atoms with Crippen molar-refractivity contribution in [2.45, 2.75) is 31.8 Å². The van der Waals surface area contributed by atoms with Crippen LogP contribution in [-0.4, -0.2) is 61.3 Å². The molecule has 2 atom stereocenters. The van der Waals surface area contributed by atoms with E-state index in [9.17, 15) is 0 Å². The van der Waals surface area contributed by atoms with Crippen LogP contribution in [0.4, 0.5) is 0 Å². The first-order valence-corrected chi connectivity index (χ1v) is 7.64. The molecule has 2 rings (SSSR count). The zero-order valence-corrected chi connectivity index (χ0v) is 11.1. The molecule has 2 heterocycles. The summed E-state index contributed by atoms with van der Waals surface area (Å²) < 4.78 is 5.51. The summed E-state index contributed by atoms with van der Waals surface area (Å²) in [4.78, 5) is 2.65. The Labute approximate surface area is 103 Å². The Morgan fingerprint density at radius 1 is 1.44 bits per heavy atom. The molecule has 4 heteroatoms. The number of nitrogens with zero attached hydrogens (tertiary/aromatic N) is 1. The normalized spacial score (nSPS) is 30.9. The van der Waals surface area contributed by atoms with Crippen LogP contribution in [0.25, 0.3) is 0 Å². The van der Waals surface area contributed by atoms with Crippen LogP contribution in [0, 0.1) is 0 Å². The van der Waals surface area contributed by atoms with Gasteiger partial charge in [-0.15, -0.1) is 0 Å². The van der Waals surface area contributed by atoms with Gasteiger partial charge in [0.2, 0.25) is 0 Å². The fourth-order valence-electron chi connectivity index (χ4n) is 2.54. The van der Waals surface area contributed by atoms with Crippen LogP contribution in [0.15, 0.2) is 0 Å². The van der Waals surface area contributed by atoms with E-state index < -0.39 is 0 Å². The fourth-order valence-corrected chi connectivity index (χ4v) is 3.44. The third kappa shape index (κ3) is 3.91. The van der Waals surface area contributed by atoms with Crippen LogP contribution in [0.2, 0.25) is 0 Å². The molecule has 3 nitrogen and oxygen atoms in total. The van der Waals surface area contributed by atoms with Crippen molar-refractivity contribution in [3.63, 3.8) is 0 Å². The average molecular weight is 244 g/mol.